The first-order chi connectivity index (χ1) is 10.1. The standard InChI is InChI=1S/C16H20N4O/c1-11(16-17-7-9-19(16)3)18-14-4-5-15-13(10-14)6-8-20(15)12(2)21/h4-5,7,9-11,18H,6,8H2,1-3H3. The van der Waals surface area contributed by atoms with E-state index in [1.165, 1.54) is 5.56 Å². The van der Waals surface area contributed by atoms with Crippen LogP contribution in [0.5, 0.6) is 0 Å². The Hall–Kier alpha value is -2.30. The summed E-state index contributed by atoms with van der Waals surface area (Å²) in [4.78, 5) is 17.8. The molecule has 1 aliphatic rings. The molecule has 2 aromatic rings. The highest BCUT2D eigenvalue weighted by molar-refractivity contribution is 5.94. The highest BCUT2D eigenvalue weighted by Gasteiger charge is 2.22. The van der Waals surface area contributed by atoms with Gasteiger partial charge < -0.3 is 14.8 Å². The average Bonchev–Trinajstić information content (AvgIpc) is 3.04. The zero-order valence-corrected chi connectivity index (χ0v) is 12.6. The second-order valence-electron chi connectivity index (χ2n) is 5.53. The Kier molecular flexibility index (Phi) is 3.41. The molecule has 0 fully saturated rings. The summed E-state index contributed by atoms with van der Waals surface area (Å²) < 4.78 is 2.02. The van der Waals surface area contributed by atoms with E-state index in [0.717, 1.165) is 30.2 Å². The summed E-state index contributed by atoms with van der Waals surface area (Å²) >= 11 is 0. The number of hydrogen-bond acceptors (Lipinski definition) is 3. The summed E-state index contributed by atoms with van der Waals surface area (Å²) in [5.74, 6) is 1.11. The van der Waals surface area contributed by atoms with Crippen molar-refractivity contribution >= 4 is 17.3 Å². The topological polar surface area (TPSA) is 50.2 Å². The lowest BCUT2D eigenvalue weighted by molar-refractivity contribution is -0.116. The number of imidazole rings is 1. The number of aromatic nitrogens is 2. The number of carbonyl (C=O) groups is 1. The molecule has 0 saturated carbocycles. The maximum absolute atomic E-state index is 11.6. The molecule has 0 bridgehead atoms. The van der Waals surface area contributed by atoms with Crippen LogP contribution in [-0.4, -0.2) is 22.0 Å². The number of nitrogens with zero attached hydrogens (tertiary/aromatic N) is 3. The van der Waals surface area contributed by atoms with Crippen LogP contribution in [0.1, 0.15) is 31.3 Å². The van der Waals surface area contributed by atoms with Gasteiger partial charge in [-0.25, -0.2) is 4.98 Å². The number of fused-ring (bicyclic) bond motifs is 1. The van der Waals surface area contributed by atoms with Gasteiger partial charge in [0, 0.05) is 44.3 Å². The van der Waals surface area contributed by atoms with Crippen molar-refractivity contribution in [3.05, 3.63) is 42.0 Å². The lowest BCUT2D eigenvalue weighted by Gasteiger charge is -2.17. The van der Waals surface area contributed by atoms with Gasteiger partial charge in [-0.05, 0) is 37.1 Å². The van der Waals surface area contributed by atoms with Crippen molar-refractivity contribution in [2.45, 2.75) is 26.3 Å². The molecule has 1 aromatic carbocycles. The summed E-state index contributed by atoms with van der Waals surface area (Å²) in [6.07, 6.45) is 4.67. The number of rotatable bonds is 3. The van der Waals surface area contributed by atoms with Gasteiger partial charge in [0.1, 0.15) is 5.82 Å². The van der Waals surface area contributed by atoms with Crippen LogP contribution in [0, 0.1) is 0 Å². The monoisotopic (exact) mass is 284 g/mol. The van der Waals surface area contributed by atoms with E-state index in [0.29, 0.717) is 0 Å². The molecule has 1 N–H and O–H groups in total. The van der Waals surface area contributed by atoms with Crippen LogP contribution in [0.25, 0.3) is 0 Å². The van der Waals surface area contributed by atoms with E-state index in [9.17, 15) is 4.79 Å². The SMILES string of the molecule is CC(=O)N1CCc2cc(NC(C)c3nccn3C)ccc21. The summed E-state index contributed by atoms with van der Waals surface area (Å²) in [5.41, 5.74) is 3.33. The molecular formula is C16H20N4O. The smallest absolute Gasteiger partial charge is 0.223 e. The summed E-state index contributed by atoms with van der Waals surface area (Å²) in [6, 6.07) is 6.32. The molecule has 110 valence electrons. The van der Waals surface area contributed by atoms with Crippen LogP contribution >= 0.6 is 0 Å². The van der Waals surface area contributed by atoms with E-state index >= 15 is 0 Å². The average molecular weight is 284 g/mol. The normalized spacial score (nSPS) is 14.9. The van der Waals surface area contributed by atoms with Gasteiger partial charge in [0.25, 0.3) is 0 Å². The highest BCUT2D eigenvalue weighted by Crippen LogP contribution is 2.31. The van der Waals surface area contributed by atoms with Crippen LogP contribution in [0.3, 0.4) is 0 Å². The molecule has 0 spiro atoms. The zero-order chi connectivity index (χ0) is 15.0. The van der Waals surface area contributed by atoms with Crippen molar-refractivity contribution in [1.29, 1.82) is 0 Å². The van der Waals surface area contributed by atoms with Crippen LogP contribution in [0.4, 0.5) is 11.4 Å². The zero-order valence-electron chi connectivity index (χ0n) is 12.6. The minimum absolute atomic E-state index is 0.107. The third kappa shape index (κ3) is 2.51. The third-order valence-corrected chi connectivity index (χ3v) is 3.98. The molecular weight excluding hydrogens is 264 g/mol. The van der Waals surface area contributed by atoms with Crippen molar-refractivity contribution in [1.82, 2.24) is 9.55 Å². The lowest BCUT2D eigenvalue weighted by atomic mass is 10.1. The van der Waals surface area contributed by atoms with Crippen molar-refractivity contribution < 1.29 is 4.79 Å². The maximum Gasteiger partial charge on any atom is 0.223 e. The van der Waals surface area contributed by atoms with Gasteiger partial charge in [-0.2, -0.15) is 0 Å². The van der Waals surface area contributed by atoms with E-state index < -0.39 is 0 Å². The van der Waals surface area contributed by atoms with E-state index in [4.69, 9.17) is 0 Å². The Morgan fingerprint density at radius 2 is 2.24 bits per heavy atom. The molecule has 1 aromatic heterocycles. The Labute approximate surface area is 124 Å². The number of hydrogen-bond donors (Lipinski definition) is 1. The van der Waals surface area contributed by atoms with Crippen LogP contribution < -0.4 is 10.2 Å². The minimum Gasteiger partial charge on any atom is -0.375 e. The molecule has 0 aliphatic carbocycles. The lowest BCUT2D eigenvalue weighted by Crippen LogP contribution is -2.25. The summed E-state index contributed by atoms with van der Waals surface area (Å²) in [7, 11) is 1.99. The number of aryl methyl sites for hydroxylation is 1. The molecule has 3 rings (SSSR count). The maximum atomic E-state index is 11.6. The molecule has 5 heteroatoms. The van der Waals surface area contributed by atoms with Crippen LogP contribution in [0.2, 0.25) is 0 Å². The number of benzene rings is 1. The second-order valence-corrected chi connectivity index (χ2v) is 5.53. The predicted octanol–water partition coefficient (Wildman–Crippen LogP) is 2.50. The second kappa shape index (κ2) is 5.24. The third-order valence-electron chi connectivity index (χ3n) is 3.98. The molecule has 2 heterocycles. The first kappa shape index (κ1) is 13.7. The van der Waals surface area contributed by atoms with Gasteiger partial charge in [-0.3, -0.25) is 4.79 Å². The van der Waals surface area contributed by atoms with E-state index in [1.807, 2.05) is 34.8 Å². The predicted molar refractivity (Wildman–Crippen MR) is 83.4 cm³/mol. The Bertz CT molecular complexity index is 677. The quantitative estimate of drug-likeness (QED) is 0.942. The van der Waals surface area contributed by atoms with E-state index in [-0.39, 0.29) is 11.9 Å². The molecule has 1 unspecified atom stereocenters. The van der Waals surface area contributed by atoms with Crippen molar-refractivity contribution in [2.24, 2.45) is 7.05 Å². The first-order valence-electron chi connectivity index (χ1n) is 7.21. The highest BCUT2D eigenvalue weighted by atomic mass is 16.2. The van der Waals surface area contributed by atoms with Crippen molar-refractivity contribution in [3.63, 3.8) is 0 Å². The number of anilines is 2. The van der Waals surface area contributed by atoms with Gasteiger partial charge in [-0.15, -0.1) is 0 Å². The summed E-state index contributed by atoms with van der Waals surface area (Å²) in [6.45, 7) is 4.49. The Balaban J connectivity index is 1.79. The Morgan fingerprint density at radius 3 is 2.90 bits per heavy atom. The fourth-order valence-electron chi connectivity index (χ4n) is 2.93. The van der Waals surface area contributed by atoms with E-state index in [2.05, 4.69) is 23.3 Å². The number of carbonyl (C=O) groups excluding carboxylic acids is 1. The minimum atomic E-state index is 0.107. The first-order valence-corrected chi connectivity index (χ1v) is 7.21. The number of nitrogens with one attached hydrogen (secondary N) is 1. The van der Waals surface area contributed by atoms with Crippen molar-refractivity contribution in [3.8, 4) is 0 Å². The largest absolute Gasteiger partial charge is 0.375 e. The Morgan fingerprint density at radius 1 is 1.43 bits per heavy atom. The molecule has 0 radical (unpaired) electrons. The van der Waals surface area contributed by atoms with E-state index in [1.54, 1.807) is 13.1 Å². The molecule has 1 amide bonds. The number of amides is 1. The fraction of sp³-hybridized carbons (Fsp3) is 0.375. The molecule has 5 nitrogen and oxygen atoms in total. The van der Waals surface area contributed by atoms with Crippen LogP contribution in [-0.2, 0) is 18.3 Å². The summed E-state index contributed by atoms with van der Waals surface area (Å²) in [5, 5.41) is 3.47. The van der Waals surface area contributed by atoms with Gasteiger partial charge in [0.2, 0.25) is 5.91 Å². The molecule has 0 saturated heterocycles. The fourth-order valence-corrected chi connectivity index (χ4v) is 2.93. The molecule has 1 aliphatic heterocycles. The van der Waals surface area contributed by atoms with Gasteiger partial charge in [0.05, 0.1) is 6.04 Å². The van der Waals surface area contributed by atoms with Crippen molar-refractivity contribution in [2.75, 3.05) is 16.8 Å². The van der Waals surface area contributed by atoms with Gasteiger partial charge in [-0.1, -0.05) is 0 Å². The van der Waals surface area contributed by atoms with Crippen LogP contribution in [0.15, 0.2) is 30.6 Å². The molecule has 21 heavy (non-hydrogen) atoms. The molecule has 1 atom stereocenters. The van der Waals surface area contributed by atoms with Gasteiger partial charge >= 0.3 is 0 Å². The van der Waals surface area contributed by atoms with Gasteiger partial charge in [0.15, 0.2) is 0 Å².